The molecule has 1 N–H and O–H groups in total. The maximum atomic E-state index is 11.3. The van der Waals surface area contributed by atoms with E-state index < -0.39 is 10.8 Å². The molecular weight excluding hydrogens is 270 g/mol. The lowest BCUT2D eigenvalue weighted by atomic mass is 10.1. The molecule has 0 bridgehead atoms. The van der Waals surface area contributed by atoms with E-state index in [-0.39, 0.29) is 5.25 Å². The predicted octanol–water partition coefficient (Wildman–Crippen LogP) is 2.76. The quantitative estimate of drug-likeness (QED) is 0.761. The van der Waals surface area contributed by atoms with Crippen LogP contribution in [0.3, 0.4) is 0 Å². The normalized spacial score (nSPS) is 15.6. The number of hydrogen-bond donors (Lipinski definition) is 1. The van der Waals surface area contributed by atoms with E-state index in [0.29, 0.717) is 6.04 Å². The van der Waals surface area contributed by atoms with Gasteiger partial charge in [0.15, 0.2) is 0 Å². The molecule has 3 atom stereocenters. The molecule has 0 aromatic heterocycles. The molecule has 1 aromatic rings. The van der Waals surface area contributed by atoms with Gasteiger partial charge in [-0.2, -0.15) is 0 Å². The lowest BCUT2D eigenvalue weighted by Gasteiger charge is -2.15. The fourth-order valence-corrected chi connectivity index (χ4v) is 2.43. The van der Waals surface area contributed by atoms with E-state index >= 15 is 0 Å². The van der Waals surface area contributed by atoms with Gasteiger partial charge in [0.2, 0.25) is 0 Å². The molecular formula is C16H27NO2S. The van der Waals surface area contributed by atoms with Gasteiger partial charge in [-0.25, -0.2) is 0 Å². The highest BCUT2D eigenvalue weighted by Crippen LogP contribution is 2.13. The van der Waals surface area contributed by atoms with Crippen LogP contribution >= 0.6 is 0 Å². The van der Waals surface area contributed by atoms with E-state index in [1.165, 1.54) is 5.56 Å². The zero-order valence-corrected chi connectivity index (χ0v) is 13.8. The summed E-state index contributed by atoms with van der Waals surface area (Å²) in [7, 11) is 0.972. The fraction of sp³-hybridized carbons (Fsp3) is 0.625. The Bertz CT molecular complexity index is 405. The minimum Gasteiger partial charge on any atom is -0.497 e. The summed E-state index contributed by atoms with van der Waals surface area (Å²) in [6, 6.07) is 8.73. The van der Waals surface area contributed by atoms with Crippen molar-refractivity contribution in [3.05, 3.63) is 29.8 Å². The van der Waals surface area contributed by atoms with Crippen LogP contribution in [-0.4, -0.2) is 35.4 Å². The number of ether oxygens (including phenoxy) is 1. The zero-order valence-electron chi connectivity index (χ0n) is 13.0. The first kappa shape index (κ1) is 17.2. The molecule has 3 unspecified atom stereocenters. The highest BCUT2D eigenvalue weighted by atomic mass is 32.2. The second-order valence-corrected chi connectivity index (χ2v) is 7.14. The number of hydrogen-bond acceptors (Lipinski definition) is 3. The Hall–Kier alpha value is -0.870. The van der Waals surface area contributed by atoms with E-state index in [1.54, 1.807) is 13.4 Å². The molecule has 4 heteroatoms. The van der Waals surface area contributed by atoms with Crippen molar-refractivity contribution in [2.45, 2.75) is 44.4 Å². The van der Waals surface area contributed by atoms with E-state index in [9.17, 15) is 4.21 Å². The minimum absolute atomic E-state index is 0.274. The number of benzene rings is 1. The molecule has 0 radical (unpaired) electrons. The SMILES string of the molecule is COc1ccc(CCC(C)NCCC(C)S(C)=O)cc1. The monoisotopic (exact) mass is 297 g/mol. The van der Waals surface area contributed by atoms with Crippen LogP contribution in [0, 0.1) is 0 Å². The van der Waals surface area contributed by atoms with Gasteiger partial charge in [-0.15, -0.1) is 0 Å². The van der Waals surface area contributed by atoms with Crippen molar-refractivity contribution in [2.24, 2.45) is 0 Å². The Morgan fingerprint density at radius 1 is 1.20 bits per heavy atom. The summed E-state index contributed by atoms with van der Waals surface area (Å²) in [5, 5.41) is 3.78. The molecule has 0 fully saturated rings. The van der Waals surface area contributed by atoms with Crippen molar-refractivity contribution in [1.82, 2.24) is 5.32 Å². The third-order valence-corrected chi connectivity index (χ3v) is 5.00. The maximum Gasteiger partial charge on any atom is 0.118 e. The van der Waals surface area contributed by atoms with Crippen LogP contribution in [0.25, 0.3) is 0 Å². The topological polar surface area (TPSA) is 38.3 Å². The fourth-order valence-electron chi connectivity index (χ4n) is 1.98. The molecule has 0 aliphatic heterocycles. The van der Waals surface area contributed by atoms with Gasteiger partial charge >= 0.3 is 0 Å². The van der Waals surface area contributed by atoms with E-state index in [4.69, 9.17) is 4.74 Å². The summed E-state index contributed by atoms with van der Waals surface area (Å²) in [5.41, 5.74) is 1.34. The number of aryl methyl sites for hydroxylation is 1. The van der Waals surface area contributed by atoms with Gasteiger partial charge in [0.25, 0.3) is 0 Å². The van der Waals surface area contributed by atoms with Crippen molar-refractivity contribution in [2.75, 3.05) is 19.9 Å². The van der Waals surface area contributed by atoms with Crippen molar-refractivity contribution in [3.63, 3.8) is 0 Å². The molecule has 3 nitrogen and oxygen atoms in total. The lowest BCUT2D eigenvalue weighted by molar-refractivity contribution is 0.414. The molecule has 0 saturated heterocycles. The third kappa shape index (κ3) is 6.53. The van der Waals surface area contributed by atoms with Gasteiger partial charge in [0.05, 0.1) is 7.11 Å². The maximum absolute atomic E-state index is 11.3. The van der Waals surface area contributed by atoms with Gasteiger partial charge in [0.1, 0.15) is 5.75 Å². The first-order valence-corrected chi connectivity index (χ1v) is 8.83. The molecule has 1 aromatic carbocycles. The Morgan fingerprint density at radius 2 is 1.85 bits per heavy atom. The smallest absolute Gasteiger partial charge is 0.118 e. The molecule has 0 heterocycles. The van der Waals surface area contributed by atoms with Crippen LogP contribution < -0.4 is 10.1 Å². The molecule has 0 amide bonds. The first-order valence-electron chi connectivity index (χ1n) is 7.21. The van der Waals surface area contributed by atoms with E-state index in [1.807, 2.05) is 19.1 Å². The van der Waals surface area contributed by atoms with Crippen LogP contribution in [-0.2, 0) is 17.2 Å². The summed E-state index contributed by atoms with van der Waals surface area (Å²) in [4.78, 5) is 0. The number of nitrogens with one attached hydrogen (secondary N) is 1. The van der Waals surface area contributed by atoms with Crippen molar-refractivity contribution in [1.29, 1.82) is 0 Å². The van der Waals surface area contributed by atoms with Gasteiger partial charge in [0, 0.05) is 28.3 Å². The third-order valence-electron chi connectivity index (χ3n) is 3.64. The van der Waals surface area contributed by atoms with Crippen molar-refractivity contribution in [3.8, 4) is 5.75 Å². The summed E-state index contributed by atoms with van der Waals surface area (Å²) in [5.74, 6) is 0.904. The molecule has 0 spiro atoms. The molecule has 114 valence electrons. The number of methoxy groups -OCH3 is 1. The van der Waals surface area contributed by atoms with Crippen LogP contribution in [0.1, 0.15) is 32.3 Å². The first-order chi connectivity index (χ1) is 9.52. The summed E-state index contributed by atoms with van der Waals surface area (Å²) >= 11 is 0. The molecule has 1 rings (SSSR count). The highest BCUT2D eigenvalue weighted by Gasteiger charge is 2.07. The standard InChI is InChI=1S/C16H27NO2S/c1-13(17-12-11-14(2)20(4)18)5-6-15-7-9-16(19-3)10-8-15/h7-10,13-14,17H,5-6,11-12H2,1-4H3. The zero-order chi connectivity index (χ0) is 15.0. The molecule has 0 saturated carbocycles. The molecule has 0 aliphatic carbocycles. The highest BCUT2D eigenvalue weighted by molar-refractivity contribution is 7.84. The Balaban J connectivity index is 2.22. The van der Waals surface area contributed by atoms with E-state index in [2.05, 4.69) is 24.4 Å². The average molecular weight is 297 g/mol. The van der Waals surface area contributed by atoms with Crippen LogP contribution in [0.15, 0.2) is 24.3 Å². The Labute approximate surface area is 125 Å². The van der Waals surface area contributed by atoms with Gasteiger partial charge in [-0.05, 0) is 50.4 Å². The average Bonchev–Trinajstić information content (AvgIpc) is 2.45. The Kier molecular flexibility index (Phi) is 7.85. The Morgan fingerprint density at radius 3 is 2.40 bits per heavy atom. The number of rotatable bonds is 9. The van der Waals surface area contributed by atoms with Gasteiger partial charge < -0.3 is 10.1 Å². The summed E-state index contributed by atoms with van der Waals surface area (Å²) in [6.07, 6.45) is 4.91. The van der Waals surface area contributed by atoms with Crippen LogP contribution in [0.2, 0.25) is 0 Å². The summed E-state index contributed by atoms with van der Waals surface area (Å²) in [6.45, 7) is 5.18. The second kappa shape index (κ2) is 9.14. The summed E-state index contributed by atoms with van der Waals surface area (Å²) < 4.78 is 16.4. The minimum atomic E-state index is -0.714. The molecule has 0 aliphatic rings. The largest absolute Gasteiger partial charge is 0.497 e. The van der Waals surface area contributed by atoms with Gasteiger partial charge in [-0.1, -0.05) is 19.1 Å². The lowest BCUT2D eigenvalue weighted by Crippen LogP contribution is -2.29. The van der Waals surface area contributed by atoms with Crippen LogP contribution in [0.5, 0.6) is 5.75 Å². The predicted molar refractivity (Wildman–Crippen MR) is 86.9 cm³/mol. The van der Waals surface area contributed by atoms with Crippen molar-refractivity contribution < 1.29 is 8.95 Å². The van der Waals surface area contributed by atoms with Crippen molar-refractivity contribution >= 4 is 10.8 Å². The second-order valence-electron chi connectivity index (χ2n) is 5.34. The van der Waals surface area contributed by atoms with Gasteiger partial charge in [-0.3, -0.25) is 4.21 Å². The molecule has 20 heavy (non-hydrogen) atoms. The van der Waals surface area contributed by atoms with Crippen LogP contribution in [0.4, 0.5) is 0 Å². The van der Waals surface area contributed by atoms with E-state index in [0.717, 1.165) is 31.6 Å².